The predicted molar refractivity (Wildman–Crippen MR) is 98.1 cm³/mol. The quantitative estimate of drug-likeness (QED) is 0.761. The van der Waals surface area contributed by atoms with Crippen LogP contribution in [0.25, 0.3) is 0 Å². The summed E-state index contributed by atoms with van der Waals surface area (Å²) >= 11 is 0. The fraction of sp³-hybridized carbons (Fsp3) is 0.455. The normalized spacial score (nSPS) is 27.0. The van der Waals surface area contributed by atoms with Crippen LogP contribution >= 0.6 is 0 Å². The summed E-state index contributed by atoms with van der Waals surface area (Å²) in [5.74, 6) is 0.799. The molecule has 0 aromatic heterocycles. The molecule has 2 unspecified atom stereocenters. The first-order chi connectivity index (χ1) is 13.1. The zero-order chi connectivity index (χ0) is 18.6. The van der Waals surface area contributed by atoms with Gasteiger partial charge in [0.2, 0.25) is 6.79 Å². The molecule has 3 nitrogen and oxygen atoms in total. The van der Waals surface area contributed by atoms with E-state index in [4.69, 9.17) is 9.47 Å². The first kappa shape index (κ1) is 17.0. The number of benzene rings is 2. The van der Waals surface area contributed by atoms with Crippen LogP contribution in [0.2, 0.25) is 0 Å². The molecule has 2 atom stereocenters. The molecule has 2 aliphatic heterocycles. The largest absolute Gasteiger partial charge is 0.453 e. The summed E-state index contributed by atoms with van der Waals surface area (Å²) in [5.41, 5.74) is 2.15. The maximum atomic E-state index is 15.2. The molecule has 27 heavy (non-hydrogen) atoms. The summed E-state index contributed by atoms with van der Waals surface area (Å²) in [5, 5.41) is 0. The lowest BCUT2D eigenvalue weighted by Gasteiger charge is -2.46. The number of halogens is 2. The van der Waals surface area contributed by atoms with E-state index in [0.29, 0.717) is 17.9 Å². The van der Waals surface area contributed by atoms with E-state index in [1.807, 2.05) is 6.07 Å². The SMILES string of the molecule is CC1(N2CCCC2)CC(c2cccc(F)c2)Cc2c3c(cc(F)c21)OCO3. The van der Waals surface area contributed by atoms with Gasteiger partial charge in [-0.2, -0.15) is 0 Å². The number of hydrogen-bond donors (Lipinski definition) is 0. The molecule has 0 spiro atoms. The molecule has 1 fully saturated rings. The molecule has 0 amide bonds. The van der Waals surface area contributed by atoms with Gasteiger partial charge in [0.1, 0.15) is 11.6 Å². The topological polar surface area (TPSA) is 21.7 Å². The smallest absolute Gasteiger partial charge is 0.231 e. The van der Waals surface area contributed by atoms with Gasteiger partial charge in [-0.05, 0) is 69.3 Å². The minimum Gasteiger partial charge on any atom is -0.453 e. The van der Waals surface area contributed by atoms with Crippen LogP contribution in [-0.4, -0.2) is 24.8 Å². The Labute approximate surface area is 157 Å². The van der Waals surface area contributed by atoms with Crippen LogP contribution in [0.1, 0.15) is 48.8 Å². The molecule has 5 rings (SSSR count). The highest BCUT2D eigenvalue weighted by Gasteiger charge is 2.46. The first-order valence-electron chi connectivity index (χ1n) is 9.68. The third-order valence-electron chi connectivity index (χ3n) is 6.47. The van der Waals surface area contributed by atoms with Crippen LogP contribution < -0.4 is 9.47 Å². The van der Waals surface area contributed by atoms with Crippen molar-refractivity contribution < 1.29 is 18.3 Å². The lowest BCUT2D eigenvalue weighted by molar-refractivity contribution is 0.0995. The zero-order valence-corrected chi connectivity index (χ0v) is 15.4. The van der Waals surface area contributed by atoms with Crippen LogP contribution in [0, 0.1) is 11.6 Å². The second-order valence-electron chi connectivity index (χ2n) is 8.07. The Kier molecular flexibility index (Phi) is 3.90. The Bertz CT molecular complexity index is 894. The van der Waals surface area contributed by atoms with Gasteiger partial charge in [0.25, 0.3) is 0 Å². The number of fused-ring (bicyclic) bond motifs is 3. The summed E-state index contributed by atoms with van der Waals surface area (Å²) in [7, 11) is 0. The van der Waals surface area contributed by atoms with Crippen molar-refractivity contribution in [3.8, 4) is 11.5 Å². The molecule has 2 aromatic carbocycles. The second-order valence-corrected chi connectivity index (χ2v) is 8.07. The maximum absolute atomic E-state index is 15.2. The van der Waals surface area contributed by atoms with Crippen LogP contribution in [-0.2, 0) is 12.0 Å². The van der Waals surface area contributed by atoms with E-state index < -0.39 is 5.54 Å². The Balaban J connectivity index is 1.68. The molecule has 0 radical (unpaired) electrons. The van der Waals surface area contributed by atoms with E-state index in [0.717, 1.165) is 49.0 Å². The molecule has 3 aliphatic rings. The molecular formula is C22H23F2NO2. The Morgan fingerprint density at radius 1 is 1.11 bits per heavy atom. The van der Waals surface area contributed by atoms with Crippen molar-refractivity contribution in [3.63, 3.8) is 0 Å². The average Bonchev–Trinajstić information content (AvgIpc) is 3.33. The van der Waals surface area contributed by atoms with Gasteiger partial charge in [0.05, 0.1) is 0 Å². The van der Waals surface area contributed by atoms with Gasteiger partial charge < -0.3 is 9.47 Å². The van der Waals surface area contributed by atoms with Crippen LogP contribution in [0.4, 0.5) is 8.78 Å². The summed E-state index contributed by atoms with van der Waals surface area (Å²) in [6, 6.07) is 8.27. The van der Waals surface area contributed by atoms with Crippen molar-refractivity contribution in [1.29, 1.82) is 0 Å². The van der Waals surface area contributed by atoms with Gasteiger partial charge in [0, 0.05) is 22.7 Å². The number of likely N-dealkylation sites (tertiary alicyclic amines) is 1. The van der Waals surface area contributed by atoms with Gasteiger partial charge in [0.15, 0.2) is 11.5 Å². The Morgan fingerprint density at radius 2 is 1.93 bits per heavy atom. The number of nitrogens with zero attached hydrogens (tertiary/aromatic N) is 1. The molecule has 5 heteroatoms. The molecule has 1 aliphatic carbocycles. The molecule has 1 saturated heterocycles. The fourth-order valence-corrected chi connectivity index (χ4v) is 5.25. The van der Waals surface area contributed by atoms with E-state index in [1.165, 1.54) is 12.1 Å². The molecule has 0 saturated carbocycles. The molecule has 2 aromatic rings. The van der Waals surface area contributed by atoms with Crippen LogP contribution in [0.5, 0.6) is 11.5 Å². The average molecular weight is 371 g/mol. The summed E-state index contributed by atoms with van der Waals surface area (Å²) in [6.07, 6.45) is 3.65. The van der Waals surface area contributed by atoms with Gasteiger partial charge in [-0.1, -0.05) is 12.1 Å². The molecular weight excluding hydrogens is 348 g/mol. The first-order valence-corrected chi connectivity index (χ1v) is 9.68. The van der Waals surface area contributed by atoms with Crippen LogP contribution in [0.15, 0.2) is 30.3 Å². The Morgan fingerprint density at radius 3 is 2.70 bits per heavy atom. The second kappa shape index (κ2) is 6.20. The highest BCUT2D eigenvalue weighted by atomic mass is 19.1. The van der Waals surface area contributed by atoms with E-state index >= 15 is 4.39 Å². The minimum absolute atomic E-state index is 0.105. The van der Waals surface area contributed by atoms with Crippen molar-refractivity contribution in [2.24, 2.45) is 0 Å². The summed E-state index contributed by atoms with van der Waals surface area (Å²) < 4.78 is 40.3. The molecule has 142 valence electrons. The van der Waals surface area contributed by atoms with Crippen molar-refractivity contribution in [2.45, 2.75) is 44.1 Å². The summed E-state index contributed by atoms with van der Waals surface area (Å²) in [4.78, 5) is 2.39. The lowest BCUT2D eigenvalue weighted by atomic mass is 9.69. The highest BCUT2D eigenvalue weighted by Crippen LogP contribution is 2.53. The third kappa shape index (κ3) is 2.63. The molecule has 2 heterocycles. The van der Waals surface area contributed by atoms with Gasteiger partial charge >= 0.3 is 0 Å². The fourth-order valence-electron chi connectivity index (χ4n) is 5.25. The lowest BCUT2D eigenvalue weighted by Crippen LogP contribution is -2.47. The van der Waals surface area contributed by atoms with E-state index in [9.17, 15) is 4.39 Å². The monoisotopic (exact) mass is 371 g/mol. The molecule has 0 bridgehead atoms. The zero-order valence-electron chi connectivity index (χ0n) is 15.4. The Hall–Kier alpha value is -2.14. The summed E-state index contributed by atoms with van der Waals surface area (Å²) in [6.45, 7) is 4.17. The van der Waals surface area contributed by atoms with Gasteiger partial charge in [-0.25, -0.2) is 8.78 Å². The van der Waals surface area contributed by atoms with Crippen molar-refractivity contribution in [2.75, 3.05) is 19.9 Å². The van der Waals surface area contributed by atoms with Crippen molar-refractivity contribution in [3.05, 3.63) is 58.7 Å². The van der Waals surface area contributed by atoms with E-state index in [1.54, 1.807) is 12.1 Å². The minimum atomic E-state index is -0.438. The number of hydrogen-bond acceptors (Lipinski definition) is 3. The van der Waals surface area contributed by atoms with Gasteiger partial charge in [-0.3, -0.25) is 4.90 Å². The standard InChI is InChI=1S/C22H23F2NO2/c1-22(25-7-2-3-8-25)12-15(14-5-4-6-16(23)9-14)10-17-20(22)18(24)11-19-21(17)27-13-26-19/h4-6,9,11,15H,2-3,7-8,10,12-13H2,1H3. The highest BCUT2D eigenvalue weighted by molar-refractivity contribution is 5.57. The van der Waals surface area contributed by atoms with Crippen molar-refractivity contribution >= 4 is 0 Å². The number of rotatable bonds is 2. The number of ether oxygens (including phenoxy) is 2. The van der Waals surface area contributed by atoms with Gasteiger partial charge in [-0.15, -0.1) is 0 Å². The third-order valence-corrected chi connectivity index (χ3v) is 6.47. The van der Waals surface area contributed by atoms with Crippen LogP contribution in [0.3, 0.4) is 0 Å². The van der Waals surface area contributed by atoms with Crippen molar-refractivity contribution in [1.82, 2.24) is 4.90 Å². The predicted octanol–water partition coefficient (Wildman–Crippen LogP) is 4.73. The van der Waals surface area contributed by atoms with E-state index in [-0.39, 0.29) is 24.3 Å². The van der Waals surface area contributed by atoms with E-state index in [2.05, 4.69) is 11.8 Å². The molecule has 0 N–H and O–H groups in total. The maximum Gasteiger partial charge on any atom is 0.231 e.